The average molecular weight is 287 g/mol. The van der Waals surface area contributed by atoms with Gasteiger partial charge in [-0.3, -0.25) is 0 Å². The molecular weight excluding hydrogens is 281 g/mol. The number of rotatable bonds is 3. The average Bonchev–Trinajstić information content (AvgIpc) is 2.26. The highest BCUT2D eigenvalue weighted by atomic mass is 19.4. The van der Waals surface area contributed by atoms with E-state index in [-0.39, 0.29) is 13.8 Å². The Labute approximate surface area is 104 Å². The fourth-order valence-corrected chi connectivity index (χ4v) is 1.30. The third-order valence-corrected chi connectivity index (χ3v) is 2.08. The van der Waals surface area contributed by atoms with Gasteiger partial charge in [-0.2, -0.15) is 26.3 Å². The van der Waals surface area contributed by atoms with Crippen LogP contribution < -0.4 is 9.39 Å². The van der Waals surface area contributed by atoms with Crippen LogP contribution >= 0.6 is 0 Å². The molecule has 0 spiro atoms. The van der Waals surface area contributed by atoms with E-state index >= 15 is 0 Å². The molecule has 0 amide bonds. The molecule has 1 radical (unpaired) electrons. The van der Waals surface area contributed by atoms with Gasteiger partial charge in [-0.05, 0) is 12.1 Å². The van der Waals surface area contributed by atoms with Gasteiger partial charge in [0.2, 0.25) is 0 Å². The third-order valence-electron chi connectivity index (χ3n) is 2.08. The van der Waals surface area contributed by atoms with E-state index in [2.05, 4.69) is 9.39 Å². The Bertz CT molecular complexity index is 456. The molecule has 0 aliphatic carbocycles. The predicted octanol–water partition coefficient (Wildman–Crippen LogP) is 2.64. The van der Waals surface area contributed by atoms with Crippen LogP contribution in [0, 0.1) is 0 Å². The first-order chi connectivity index (χ1) is 8.61. The number of ether oxygens (including phenoxy) is 1. The summed E-state index contributed by atoms with van der Waals surface area (Å²) < 4.78 is 84.0. The zero-order valence-electron chi connectivity index (χ0n) is 9.26. The molecule has 0 fully saturated rings. The van der Waals surface area contributed by atoms with Crippen LogP contribution in [0.3, 0.4) is 0 Å². The molecule has 1 aromatic carbocycles. The van der Waals surface area contributed by atoms with E-state index in [4.69, 9.17) is 5.02 Å². The summed E-state index contributed by atoms with van der Waals surface area (Å²) in [5.41, 5.74) is -3.24. The van der Waals surface area contributed by atoms with Crippen molar-refractivity contribution in [2.24, 2.45) is 0 Å². The standard InChI is InChI=1S/C9H6BF6O3/c1-18-6-3-4(8(11,12)13)2-5(9(14,15)16)7(6)19-10-17/h2-3,17H,1H3. The number of halogens is 6. The fourth-order valence-electron chi connectivity index (χ4n) is 1.30. The van der Waals surface area contributed by atoms with E-state index in [1.807, 2.05) is 0 Å². The van der Waals surface area contributed by atoms with Crippen molar-refractivity contribution in [3.8, 4) is 11.5 Å². The number of benzene rings is 1. The van der Waals surface area contributed by atoms with Gasteiger partial charge in [0.25, 0.3) is 0 Å². The van der Waals surface area contributed by atoms with Gasteiger partial charge in [0, 0.05) is 0 Å². The lowest BCUT2D eigenvalue weighted by atomic mass is 10.1. The molecule has 19 heavy (non-hydrogen) atoms. The topological polar surface area (TPSA) is 38.7 Å². The van der Waals surface area contributed by atoms with Crippen LogP contribution in [0.4, 0.5) is 26.3 Å². The molecule has 1 aromatic rings. The quantitative estimate of drug-likeness (QED) is 0.686. The Morgan fingerprint density at radius 2 is 1.63 bits per heavy atom. The van der Waals surface area contributed by atoms with E-state index in [9.17, 15) is 26.3 Å². The van der Waals surface area contributed by atoms with E-state index in [0.29, 0.717) is 6.07 Å². The molecule has 0 saturated carbocycles. The summed E-state index contributed by atoms with van der Waals surface area (Å²) in [4.78, 5) is 0. The molecule has 1 N–H and O–H groups in total. The largest absolute Gasteiger partial charge is 0.569 e. The van der Waals surface area contributed by atoms with E-state index in [1.165, 1.54) is 0 Å². The van der Waals surface area contributed by atoms with Gasteiger partial charge in [0.1, 0.15) is 5.56 Å². The zero-order chi connectivity index (χ0) is 14.8. The second-order valence-corrected chi connectivity index (χ2v) is 3.27. The number of hydrogen-bond acceptors (Lipinski definition) is 3. The second-order valence-electron chi connectivity index (χ2n) is 3.27. The molecule has 3 nitrogen and oxygen atoms in total. The summed E-state index contributed by atoms with van der Waals surface area (Å²) in [6.07, 6.45) is -10.1. The lowest BCUT2D eigenvalue weighted by Crippen LogP contribution is -2.15. The van der Waals surface area contributed by atoms with Crippen molar-refractivity contribution in [2.75, 3.05) is 7.11 Å². The van der Waals surface area contributed by atoms with E-state index in [1.54, 1.807) is 0 Å². The normalized spacial score (nSPS) is 12.2. The first-order valence-electron chi connectivity index (χ1n) is 4.60. The molecule has 0 aliphatic rings. The number of hydrogen-bond donors (Lipinski definition) is 1. The minimum atomic E-state index is -5.10. The highest BCUT2D eigenvalue weighted by Gasteiger charge is 2.40. The second kappa shape index (κ2) is 5.20. The smallest absolute Gasteiger partial charge is 0.534 e. The van der Waals surface area contributed by atoms with Crippen molar-refractivity contribution in [2.45, 2.75) is 12.4 Å². The van der Waals surface area contributed by atoms with Crippen LogP contribution in [-0.4, -0.2) is 19.8 Å². The minimum Gasteiger partial charge on any atom is -0.534 e. The summed E-state index contributed by atoms with van der Waals surface area (Å²) in [7, 11) is 0.792. The van der Waals surface area contributed by atoms with Crippen LogP contribution in [0.25, 0.3) is 0 Å². The van der Waals surface area contributed by atoms with Crippen LogP contribution in [0.1, 0.15) is 11.1 Å². The van der Waals surface area contributed by atoms with Crippen molar-refractivity contribution in [3.63, 3.8) is 0 Å². The molecule has 0 bridgehead atoms. The molecule has 0 aromatic heterocycles. The predicted molar refractivity (Wildman–Crippen MR) is 51.6 cm³/mol. The minimum absolute atomic E-state index is 0.0830. The van der Waals surface area contributed by atoms with Crippen molar-refractivity contribution < 1.29 is 40.8 Å². The highest BCUT2D eigenvalue weighted by molar-refractivity contribution is 6.17. The maximum absolute atomic E-state index is 12.7. The summed E-state index contributed by atoms with van der Waals surface area (Å²) in [6.45, 7) is 0. The lowest BCUT2D eigenvalue weighted by molar-refractivity contribution is -0.143. The molecule has 0 aliphatic heterocycles. The Morgan fingerprint density at radius 1 is 1.05 bits per heavy atom. The van der Waals surface area contributed by atoms with Gasteiger partial charge in [-0.25, -0.2) is 0 Å². The number of alkyl halides is 6. The van der Waals surface area contributed by atoms with Crippen molar-refractivity contribution in [3.05, 3.63) is 23.3 Å². The molecule has 0 atom stereocenters. The van der Waals surface area contributed by atoms with Crippen molar-refractivity contribution >= 4 is 7.69 Å². The van der Waals surface area contributed by atoms with E-state index < -0.39 is 35.0 Å². The SMILES string of the molecule is COc1cc(C(F)(F)F)cc(C(F)(F)F)c1O[B]O. The molecule has 0 unspecified atom stereocenters. The molecule has 0 saturated heterocycles. The Hall–Kier alpha value is -1.58. The van der Waals surface area contributed by atoms with Crippen LogP contribution in [0.5, 0.6) is 11.5 Å². The Morgan fingerprint density at radius 3 is 2.00 bits per heavy atom. The maximum Gasteiger partial charge on any atom is 0.569 e. The van der Waals surface area contributed by atoms with E-state index in [0.717, 1.165) is 7.11 Å². The van der Waals surface area contributed by atoms with Crippen molar-refractivity contribution in [1.29, 1.82) is 0 Å². The van der Waals surface area contributed by atoms with Crippen molar-refractivity contribution in [1.82, 2.24) is 0 Å². The zero-order valence-corrected chi connectivity index (χ0v) is 9.26. The molecular formula is C9H6BF6O3. The van der Waals surface area contributed by atoms with Gasteiger partial charge < -0.3 is 14.4 Å². The maximum atomic E-state index is 12.7. The molecule has 0 heterocycles. The van der Waals surface area contributed by atoms with Gasteiger partial charge >= 0.3 is 20.0 Å². The summed E-state index contributed by atoms with van der Waals surface area (Å²) >= 11 is 0. The first kappa shape index (κ1) is 15.5. The molecule has 105 valence electrons. The van der Waals surface area contributed by atoms with Crippen LogP contribution in [0.15, 0.2) is 12.1 Å². The molecule has 10 heteroatoms. The first-order valence-corrected chi connectivity index (χ1v) is 4.60. The molecule has 1 rings (SSSR count). The van der Waals surface area contributed by atoms with Crippen LogP contribution in [-0.2, 0) is 12.4 Å². The summed E-state index contributed by atoms with van der Waals surface area (Å²) in [5.74, 6) is -1.85. The van der Waals surface area contributed by atoms with Gasteiger partial charge in [-0.15, -0.1) is 0 Å². The third kappa shape index (κ3) is 3.46. The van der Waals surface area contributed by atoms with Crippen LogP contribution in [0.2, 0.25) is 0 Å². The number of methoxy groups -OCH3 is 1. The van der Waals surface area contributed by atoms with Gasteiger partial charge in [-0.1, -0.05) is 0 Å². The summed E-state index contributed by atoms with van der Waals surface area (Å²) in [6, 6.07) is 0.218. The highest BCUT2D eigenvalue weighted by Crippen LogP contribution is 2.45. The van der Waals surface area contributed by atoms with Gasteiger partial charge in [0.05, 0.1) is 12.7 Å². The Balaban J connectivity index is 3.55. The lowest BCUT2D eigenvalue weighted by Gasteiger charge is -2.18. The fraction of sp³-hybridized carbons (Fsp3) is 0.333. The monoisotopic (exact) mass is 287 g/mol. The summed E-state index contributed by atoms with van der Waals surface area (Å²) in [5, 5.41) is 8.37. The van der Waals surface area contributed by atoms with Gasteiger partial charge in [0.15, 0.2) is 11.5 Å². The Kier molecular flexibility index (Phi) is 4.23.